The van der Waals surface area contributed by atoms with Gasteiger partial charge in [-0.25, -0.2) is 13.9 Å². The first kappa shape index (κ1) is 16.4. The van der Waals surface area contributed by atoms with E-state index in [0.29, 0.717) is 41.2 Å². The van der Waals surface area contributed by atoms with Crippen LogP contribution < -0.4 is 10.9 Å². The van der Waals surface area contributed by atoms with Crippen LogP contribution in [0.1, 0.15) is 40.5 Å². The summed E-state index contributed by atoms with van der Waals surface area (Å²) in [7, 11) is 0. The lowest BCUT2D eigenvalue weighted by molar-refractivity contribution is 0.0928. The van der Waals surface area contributed by atoms with E-state index in [9.17, 15) is 18.4 Å². The lowest BCUT2D eigenvalue weighted by Crippen LogP contribution is -2.33. The van der Waals surface area contributed by atoms with Crippen molar-refractivity contribution in [2.75, 3.05) is 0 Å². The number of carbonyl (C=O) groups is 1. The van der Waals surface area contributed by atoms with Gasteiger partial charge < -0.3 is 5.32 Å². The van der Waals surface area contributed by atoms with Crippen LogP contribution in [-0.2, 0) is 6.42 Å². The Labute approximate surface area is 147 Å². The second kappa shape index (κ2) is 6.33. The van der Waals surface area contributed by atoms with Gasteiger partial charge in [0.1, 0.15) is 11.6 Å². The van der Waals surface area contributed by atoms with E-state index in [0.717, 1.165) is 6.07 Å². The third kappa shape index (κ3) is 2.75. The molecule has 1 amide bonds. The molecule has 132 valence electrons. The van der Waals surface area contributed by atoms with Crippen LogP contribution in [0.2, 0.25) is 0 Å². The van der Waals surface area contributed by atoms with Crippen LogP contribution in [0, 0.1) is 11.6 Å². The van der Waals surface area contributed by atoms with E-state index >= 15 is 0 Å². The van der Waals surface area contributed by atoms with Crippen LogP contribution in [0.15, 0.2) is 41.2 Å². The van der Waals surface area contributed by atoms with Gasteiger partial charge in [-0.05, 0) is 42.5 Å². The summed E-state index contributed by atoms with van der Waals surface area (Å²) >= 11 is 0. The lowest BCUT2D eigenvalue weighted by atomic mass is 9.87. The van der Waals surface area contributed by atoms with Crippen LogP contribution >= 0.6 is 0 Å². The van der Waals surface area contributed by atoms with E-state index in [1.807, 2.05) is 0 Å². The second-order valence-corrected chi connectivity index (χ2v) is 6.32. The molecule has 0 bridgehead atoms. The minimum Gasteiger partial charge on any atom is -0.344 e. The molecule has 26 heavy (non-hydrogen) atoms. The second-order valence-electron chi connectivity index (χ2n) is 6.32. The zero-order valence-electron chi connectivity index (χ0n) is 13.7. The topological polar surface area (TPSA) is 74.8 Å². The molecule has 5 nitrogen and oxygen atoms in total. The number of nitrogens with zero attached hydrogens (tertiary/aromatic N) is 1. The van der Waals surface area contributed by atoms with Crippen molar-refractivity contribution in [3.8, 4) is 0 Å². The number of aromatic amines is 1. The third-order valence-corrected chi connectivity index (χ3v) is 4.71. The van der Waals surface area contributed by atoms with Crippen molar-refractivity contribution < 1.29 is 13.6 Å². The van der Waals surface area contributed by atoms with Crippen molar-refractivity contribution in [3.05, 3.63) is 75.2 Å². The molecule has 0 fully saturated rings. The maximum absolute atomic E-state index is 14.0. The zero-order chi connectivity index (χ0) is 18.3. The third-order valence-electron chi connectivity index (χ3n) is 4.71. The van der Waals surface area contributed by atoms with Crippen molar-refractivity contribution in [2.45, 2.75) is 25.3 Å². The highest BCUT2D eigenvalue weighted by Gasteiger charge is 2.26. The number of fused-ring (bicyclic) bond motifs is 2. The minimum absolute atomic E-state index is 0.0733. The van der Waals surface area contributed by atoms with Crippen LogP contribution in [0.4, 0.5) is 8.78 Å². The Balaban J connectivity index is 1.71. The highest BCUT2D eigenvalue weighted by molar-refractivity contribution is 6.04. The summed E-state index contributed by atoms with van der Waals surface area (Å²) in [6, 6.07) is 8.27. The van der Waals surface area contributed by atoms with Crippen LogP contribution in [-0.4, -0.2) is 16.1 Å². The number of rotatable bonds is 2. The summed E-state index contributed by atoms with van der Waals surface area (Å²) in [5.41, 5.74) is 0.576. The molecule has 7 heteroatoms. The molecule has 2 aromatic carbocycles. The average molecular weight is 355 g/mol. The molecule has 0 spiro atoms. The largest absolute Gasteiger partial charge is 0.344 e. The van der Waals surface area contributed by atoms with Gasteiger partial charge in [-0.3, -0.25) is 9.59 Å². The van der Waals surface area contributed by atoms with Gasteiger partial charge >= 0.3 is 0 Å². The quantitative estimate of drug-likeness (QED) is 0.742. The normalized spacial score (nSPS) is 16.3. The lowest BCUT2D eigenvalue weighted by Gasteiger charge is -2.26. The Bertz CT molecular complexity index is 1080. The van der Waals surface area contributed by atoms with E-state index in [4.69, 9.17) is 0 Å². The number of hydrogen-bond donors (Lipinski definition) is 2. The van der Waals surface area contributed by atoms with Gasteiger partial charge in [-0.15, -0.1) is 0 Å². The van der Waals surface area contributed by atoms with Crippen LogP contribution in [0.3, 0.4) is 0 Å². The summed E-state index contributed by atoms with van der Waals surface area (Å²) in [6.45, 7) is 0. The van der Waals surface area contributed by atoms with Gasteiger partial charge in [0.2, 0.25) is 0 Å². The smallest absolute Gasteiger partial charge is 0.272 e. The number of hydrogen-bond acceptors (Lipinski definition) is 3. The van der Waals surface area contributed by atoms with Gasteiger partial charge in [-0.2, -0.15) is 5.10 Å². The number of halogens is 2. The highest BCUT2D eigenvalue weighted by atomic mass is 19.1. The van der Waals surface area contributed by atoms with E-state index in [-0.39, 0.29) is 11.3 Å². The molecule has 0 saturated heterocycles. The number of carbonyl (C=O) groups excluding carboxylic acids is 1. The van der Waals surface area contributed by atoms with Crippen molar-refractivity contribution >= 4 is 16.7 Å². The van der Waals surface area contributed by atoms with Crippen molar-refractivity contribution in [1.82, 2.24) is 15.5 Å². The standard InChI is InChI=1S/C19H15F2N3O2/c20-10-8-14-11(15(21)9-10)6-3-7-16(14)22-19(26)17-12-4-1-2-5-13(12)18(25)24-23-17/h1-2,4-5,8-9,16H,3,6-7H2,(H,22,26)(H,24,25)/t16-/m1/s1. The fourth-order valence-electron chi connectivity index (χ4n) is 3.50. The number of nitrogens with one attached hydrogen (secondary N) is 2. The molecular weight excluding hydrogens is 340 g/mol. The van der Waals surface area contributed by atoms with Gasteiger partial charge in [-0.1, -0.05) is 18.2 Å². The van der Waals surface area contributed by atoms with E-state index < -0.39 is 23.6 Å². The molecular formula is C19H15F2N3O2. The summed E-state index contributed by atoms with van der Waals surface area (Å²) < 4.78 is 27.7. The fourth-order valence-corrected chi connectivity index (χ4v) is 3.50. The first-order valence-electron chi connectivity index (χ1n) is 8.30. The molecule has 1 aliphatic rings. The highest BCUT2D eigenvalue weighted by Crippen LogP contribution is 2.32. The van der Waals surface area contributed by atoms with Crippen LogP contribution in [0.5, 0.6) is 0 Å². The summed E-state index contributed by atoms with van der Waals surface area (Å²) in [5.74, 6) is -1.76. The van der Waals surface area contributed by atoms with Crippen molar-refractivity contribution in [3.63, 3.8) is 0 Å². The Morgan fingerprint density at radius 3 is 2.77 bits per heavy atom. The molecule has 1 aliphatic carbocycles. The summed E-state index contributed by atoms with van der Waals surface area (Å²) in [4.78, 5) is 24.6. The molecule has 2 N–H and O–H groups in total. The Morgan fingerprint density at radius 1 is 1.19 bits per heavy atom. The minimum atomic E-state index is -0.671. The van der Waals surface area contributed by atoms with E-state index in [1.54, 1.807) is 24.3 Å². The number of H-pyrrole nitrogens is 1. The zero-order valence-corrected chi connectivity index (χ0v) is 13.7. The first-order valence-corrected chi connectivity index (χ1v) is 8.30. The van der Waals surface area contributed by atoms with Gasteiger partial charge in [0.15, 0.2) is 5.69 Å². The molecule has 1 aromatic heterocycles. The predicted octanol–water partition coefficient (Wildman–Crippen LogP) is 3.01. The maximum Gasteiger partial charge on any atom is 0.272 e. The fraction of sp³-hybridized carbons (Fsp3) is 0.211. The first-order chi connectivity index (χ1) is 12.5. The number of aromatic nitrogens is 2. The summed E-state index contributed by atoms with van der Waals surface area (Å²) in [5, 5.41) is 9.76. The van der Waals surface area contributed by atoms with Crippen LogP contribution in [0.25, 0.3) is 10.8 Å². The number of benzene rings is 2. The molecule has 4 rings (SSSR count). The Kier molecular flexibility index (Phi) is 3.99. The molecule has 0 unspecified atom stereocenters. The molecule has 1 heterocycles. The summed E-state index contributed by atoms with van der Waals surface area (Å²) in [6.07, 6.45) is 1.76. The number of amides is 1. The average Bonchev–Trinajstić information content (AvgIpc) is 2.63. The Morgan fingerprint density at radius 2 is 1.96 bits per heavy atom. The molecule has 0 radical (unpaired) electrons. The monoisotopic (exact) mass is 355 g/mol. The van der Waals surface area contributed by atoms with E-state index in [1.165, 1.54) is 6.07 Å². The molecule has 0 aliphatic heterocycles. The molecule has 3 aromatic rings. The molecule has 0 saturated carbocycles. The maximum atomic E-state index is 14.0. The van der Waals surface area contributed by atoms with Crippen molar-refractivity contribution in [2.24, 2.45) is 0 Å². The Hall–Kier alpha value is -3.09. The molecule has 1 atom stereocenters. The van der Waals surface area contributed by atoms with Gasteiger partial charge in [0.25, 0.3) is 11.5 Å². The van der Waals surface area contributed by atoms with Crippen molar-refractivity contribution in [1.29, 1.82) is 0 Å². The predicted molar refractivity (Wildman–Crippen MR) is 91.9 cm³/mol. The SMILES string of the molecule is O=C(N[C@@H]1CCCc2c(F)cc(F)cc21)c1n[nH]c(=O)c2ccccc12. The van der Waals surface area contributed by atoms with E-state index in [2.05, 4.69) is 15.5 Å². The van der Waals surface area contributed by atoms with Gasteiger partial charge in [0.05, 0.1) is 11.4 Å². The van der Waals surface area contributed by atoms with Gasteiger partial charge in [0, 0.05) is 11.5 Å².